The van der Waals surface area contributed by atoms with Gasteiger partial charge in [0.1, 0.15) is 15.9 Å². The summed E-state index contributed by atoms with van der Waals surface area (Å²) in [4.78, 5) is 26.6. The fraction of sp³-hybridized carbons (Fsp3) is 0.0370. The smallest absolute Gasteiger partial charge is 0.340 e. The van der Waals surface area contributed by atoms with Gasteiger partial charge in [0, 0.05) is 22.1 Å². The van der Waals surface area contributed by atoms with Gasteiger partial charge in [-0.15, -0.1) is 0 Å². The van der Waals surface area contributed by atoms with Gasteiger partial charge in [0.25, 0.3) is 0 Å². The number of carbonyl (C=O) groups excluding carboxylic acids is 1. The Morgan fingerprint density at radius 1 is 0.850 bits per heavy atom. The maximum atomic E-state index is 13.7. The molecule has 0 radical (unpaired) electrons. The van der Waals surface area contributed by atoms with Gasteiger partial charge in [-0.05, 0) is 108 Å². The molecule has 3 aromatic rings. The number of aromatic hydroxyl groups is 1. The molecule has 0 amide bonds. The normalized spacial score (nSPS) is 11.4. The van der Waals surface area contributed by atoms with E-state index in [0.717, 1.165) is 5.56 Å². The number of halogens is 8. The second-order valence-electron chi connectivity index (χ2n) is 8.32. The predicted octanol–water partition coefficient (Wildman–Crippen LogP) is 10.7. The first kappa shape index (κ1) is 31.1. The van der Waals surface area contributed by atoms with Crippen molar-refractivity contribution in [3.63, 3.8) is 0 Å². The minimum absolute atomic E-state index is 0.00591. The van der Waals surface area contributed by atoms with E-state index in [1.807, 2.05) is 121 Å². The zero-order valence-electron chi connectivity index (χ0n) is 19.4. The lowest BCUT2D eigenvalue weighted by atomic mass is 9.90. The van der Waals surface area contributed by atoms with E-state index in [9.17, 15) is 14.7 Å². The molecule has 1 heterocycles. The molecule has 0 saturated heterocycles. The summed E-state index contributed by atoms with van der Waals surface area (Å²) in [6, 6.07) is 12.5. The van der Waals surface area contributed by atoms with E-state index in [0.29, 0.717) is 30.8 Å². The average molecular weight is 1060 g/mol. The van der Waals surface area contributed by atoms with Gasteiger partial charge in [-0.1, -0.05) is 76.7 Å². The summed E-state index contributed by atoms with van der Waals surface area (Å²) in [6.45, 7) is -0.0298. The van der Waals surface area contributed by atoms with Crippen LogP contribution in [0.4, 0.5) is 0 Å². The molecule has 0 bridgehead atoms. The monoisotopic (exact) mass is 1060 g/mol. The Labute approximate surface area is 301 Å². The second-order valence-corrected chi connectivity index (χ2v) is 14.3. The van der Waals surface area contributed by atoms with Crippen LogP contribution >= 0.6 is 137 Å². The van der Waals surface area contributed by atoms with E-state index in [4.69, 9.17) is 55.6 Å². The van der Waals surface area contributed by atoms with Gasteiger partial charge >= 0.3 is 5.97 Å². The standard InChI is InChI=1S/C27H10Cl4I4O5/c28-17-15(16(18(29)20(31)19(17)30)27(38)39-8-9-4-2-1-3-5-9)14-10-6-12(32)23(36)21(34)25(10)40-26-11(14)7-13(33)24(37)22(26)35/h1-7,36H,8H2. The van der Waals surface area contributed by atoms with Gasteiger partial charge in [0.2, 0.25) is 5.43 Å². The lowest BCUT2D eigenvalue weighted by Gasteiger charge is -2.22. The maximum Gasteiger partial charge on any atom is 0.340 e. The third-order valence-corrected chi connectivity index (χ3v) is 11.4. The van der Waals surface area contributed by atoms with Gasteiger partial charge < -0.3 is 14.3 Å². The Morgan fingerprint density at radius 3 is 2.17 bits per heavy atom. The highest BCUT2D eigenvalue weighted by atomic mass is 127. The van der Waals surface area contributed by atoms with E-state index in [1.165, 1.54) is 0 Å². The number of hydrogen-bond acceptors (Lipinski definition) is 5. The highest BCUT2D eigenvalue weighted by molar-refractivity contribution is 14.1. The Morgan fingerprint density at radius 2 is 1.50 bits per heavy atom. The van der Waals surface area contributed by atoms with Crippen LogP contribution < -0.4 is 5.43 Å². The third-order valence-electron chi connectivity index (χ3n) is 5.96. The van der Waals surface area contributed by atoms with Crippen LogP contribution in [0.25, 0.3) is 33.4 Å². The molecule has 40 heavy (non-hydrogen) atoms. The molecule has 0 aromatic heterocycles. The molecule has 0 unspecified atom stereocenters. The van der Waals surface area contributed by atoms with Crippen LogP contribution in [0.15, 0.2) is 51.7 Å². The van der Waals surface area contributed by atoms with Crippen LogP contribution in [0, 0.1) is 14.3 Å². The Kier molecular flexibility index (Phi) is 9.62. The minimum Gasteiger partial charge on any atom is -0.506 e. The molecule has 5 rings (SSSR count). The molecule has 5 nitrogen and oxygen atoms in total. The molecular formula is C27H10Cl4I4O5. The summed E-state index contributed by atoms with van der Waals surface area (Å²) < 4.78 is 13.6. The molecule has 0 atom stereocenters. The molecule has 204 valence electrons. The number of phenols is 1. The van der Waals surface area contributed by atoms with Gasteiger partial charge in [-0.25, -0.2) is 4.79 Å². The van der Waals surface area contributed by atoms with Gasteiger partial charge in [0.05, 0.1) is 36.4 Å². The highest BCUT2D eigenvalue weighted by Crippen LogP contribution is 2.52. The Bertz CT molecular complexity index is 1890. The van der Waals surface area contributed by atoms with Crippen LogP contribution in [0.2, 0.25) is 20.1 Å². The lowest BCUT2D eigenvalue weighted by molar-refractivity contribution is 0.0474. The topological polar surface area (TPSA) is 76.7 Å². The van der Waals surface area contributed by atoms with Gasteiger partial charge in [-0.2, -0.15) is 0 Å². The number of rotatable bonds is 4. The van der Waals surface area contributed by atoms with Crippen LogP contribution in [0.5, 0.6) is 5.75 Å². The number of carbonyl (C=O) groups is 1. The summed E-state index contributed by atoms with van der Waals surface area (Å²) in [6.07, 6.45) is 0. The molecule has 1 aliphatic heterocycles. The number of benzene rings is 4. The van der Waals surface area contributed by atoms with Crippen molar-refractivity contribution >= 4 is 154 Å². The first-order valence-corrected chi connectivity index (χ1v) is 16.8. The fourth-order valence-corrected chi connectivity index (χ4v) is 8.72. The van der Waals surface area contributed by atoms with E-state index >= 15 is 0 Å². The molecule has 2 aliphatic rings. The van der Waals surface area contributed by atoms with Crippen LogP contribution in [-0.4, -0.2) is 11.1 Å². The number of ether oxygens (including phenoxy) is 1. The number of phenolic OH excluding ortho intramolecular Hbond substituents is 1. The van der Waals surface area contributed by atoms with Crippen molar-refractivity contribution < 1.29 is 19.1 Å². The summed E-state index contributed by atoms with van der Waals surface area (Å²) in [5.41, 5.74) is 1.77. The first-order valence-electron chi connectivity index (χ1n) is 11.0. The summed E-state index contributed by atoms with van der Waals surface area (Å²) >= 11 is 34.4. The number of esters is 1. The Hall–Kier alpha value is -0.300. The highest BCUT2D eigenvalue weighted by Gasteiger charge is 2.33. The molecule has 0 spiro atoms. The average Bonchev–Trinajstić information content (AvgIpc) is 2.94. The molecule has 3 aromatic carbocycles. The van der Waals surface area contributed by atoms with Crippen molar-refractivity contribution in [2.45, 2.75) is 6.61 Å². The lowest BCUT2D eigenvalue weighted by Crippen LogP contribution is -2.13. The fourth-order valence-electron chi connectivity index (χ4n) is 4.12. The summed E-state index contributed by atoms with van der Waals surface area (Å²) in [5.74, 6) is -0.528. The van der Waals surface area contributed by atoms with Crippen molar-refractivity contribution in [3.05, 3.63) is 98.2 Å². The maximum absolute atomic E-state index is 13.7. The van der Waals surface area contributed by atoms with E-state index in [1.54, 1.807) is 12.1 Å². The van der Waals surface area contributed by atoms with Gasteiger partial charge in [0.15, 0.2) is 11.3 Å². The molecule has 13 heteroatoms. The number of hydrogen-bond donors (Lipinski definition) is 1. The zero-order valence-corrected chi connectivity index (χ0v) is 31.0. The van der Waals surface area contributed by atoms with Crippen molar-refractivity contribution in [1.82, 2.24) is 0 Å². The van der Waals surface area contributed by atoms with E-state index in [2.05, 4.69) is 0 Å². The summed E-state index contributed by atoms with van der Waals surface area (Å²) in [7, 11) is 0. The molecule has 0 saturated carbocycles. The predicted molar refractivity (Wildman–Crippen MR) is 193 cm³/mol. The first-order chi connectivity index (χ1) is 18.9. The van der Waals surface area contributed by atoms with E-state index < -0.39 is 5.97 Å². The quantitative estimate of drug-likeness (QED) is 0.0638. The second kappa shape index (κ2) is 12.4. The Balaban J connectivity index is 1.93. The zero-order chi connectivity index (χ0) is 29.0. The van der Waals surface area contributed by atoms with Gasteiger partial charge in [-0.3, -0.25) is 4.79 Å². The minimum atomic E-state index is -0.778. The molecular weight excluding hydrogens is 1050 g/mol. The summed E-state index contributed by atoms with van der Waals surface area (Å²) in [5, 5.41) is 10.9. The van der Waals surface area contributed by atoms with E-state index in [-0.39, 0.29) is 60.3 Å². The molecule has 0 fully saturated rings. The van der Waals surface area contributed by atoms with Crippen LogP contribution in [-0.2, 0) is 11.3 Å². The molecule has 1 aliphatic carbocycles. The van der Waals surface area contributed by atoms with Crippen molar-refractivity contribution in [3.8, 4) is 28.2 Å². The third kappa shape index (κ3) is 5.43. The van der Waals surface area contributed by atoms with Crippen LogP contribution in [0.1, 0.15) is 15.9 Å². The van der Waals surface area contributed by atoms with Crippen molar-refractivity contribution in [2.24, 2.45) is 0 Å². The van der Waals surface area contributed by atoms with Crippen molar-refractivity contribution in [2.75, 3.05) is 0 Å². The largest absolute Gasteiger partial charge is 0.506 e. The van der Waals surface area contributed by atoms with Crippen molar-refractivity contribution in [1.29, 1.82) is 0 Å². The number of fused-ring (bicyclic) bond motifs is 2. The molecule has 1 N–H and O–H groups in total. The van der Waals surface area contributed by atoms with Crippen LogP contribution in [0.3, 0.4) is 0 Å². The SMILES string of the molecule is O=C(OCc1ccccc1)c1c(Cl)c(Cl)c(Cl)c(Cl)c1-c1c2cc(I)c(=O)c(I)c-2oc2c(I)c(O)c(I)cc12.